The number of rotatable bonds is 5. The first kappa shape index (κ1) is 11.9. The quantitative estimate of drug-likeness (QED) is 0.359. The molecule has 13 heavy (non-hydrogen) atoms. The minimum atomic E-state index is -3.59. The summed E-state index contributed by atoms with van der Waals surface area (Å²) in [6.07, 6.45) is 5.20. The average Bonchev–Trinajstić information content (AvgIpc) is 2.03. The van der Waals surface area contributed by atoms with Gasteiger partial charge in [-0.3, -0.25) is 4.79 Å². The third kappa shape index (κ3) is 6.13. The normalized spacial score (nSPS) is 10.5. The molecular formula is C7H11NO4S. The molecule has 1 N–H and O–H groups in total. The van der Waals surface area contributed by atoms with Gasteiger partial charge in [0.05, 0.1) is 7.11 Å². The van der Waals surface area contributed by atoms with Crippen LogP contribution in [0.1, 0.15) is 6.42 Å². The maximum atomic E-state index is 11.0. The Balaban J connectivity index is 3.96. The summed E-state index contributed by atoms with van der Waals surface area (Å²) >= 11 is 0. The van der Waals surface area contributed by atoms with E-state index in [4.69, 9.17) is 6.42 Å². The lowest BCUT2D eigenvalue weighted by Gasteiger charge is -2.02. The summed E-state index contributed by atoms with van der Waals surface area (Å²) in [6.45, 7) is 0.135. The van der Waals surface area contributed by atoms with Crippen molar-refractivity contribution in [2.75, 3.05) is 19.4 Å². The number of sulfonamides is 1. The number of terminal acetylenes is 1. The van der Waals surface area contributed by atoms with Crippen LogP contribution in [0.3, 0.4) is 0 Å². The highest BCUT2D eigenvalue weighted by atomic mass is 32.2. The molecule has 0 heterocycles. The SMILES string of the molecule is C#CCCNS(=O)(=O)CC(=O)OC. The zero-order valence-electron chi connectivity index (χ0n) is 7.24. The Hall–Kier alpha value is -1.06. The van der Waals surface area contributed by atoms with E-state index < -0.39 is 21.7 Å². The third-order valence-corrected chi connectivity index (χ3v) is 2.39. The number of hydrogen-bond donors (Lipinski definition) is 1. The Morgan fingerprint density at radius 1 is 1.62 bits per heavy atom. The lowest BCUT2D eigenvalue weighted by atomic mass is 10.5. The van der Waals surface area contributed by atoms with Crippen LogP contribution < -0.4 is 4.72 Å². The number of hydrogen-bond acceptors (Lipinski definition) is 4. The molecule has 0 bridgehead atoms. The van der Waals surface area contributed by atoms with Crippen molar-refractivity contribution in [3.05, 3.63) is 0 Å². The molecule has 5 nitrogen and oxygen atoms in total. The van der Waals surface area contributed by atoms with Crippen LogP contribution in [0.2, 0.25) is 0 Å². The summed E-state index contributed by atoms with van der Waals surface area (Å²) in [5.41, 5.74) is 0. The fourth-order valence-electron chi connectivity index (χ4n) is 0.544. The fraction of sp³-hybridized carbons (Fsp3) is 0.571. The van der Waals surface area contributed by atoms with Crippen molar-refractivity contribution in [1.29, 1.82) is 0 Å². The van der Waals surface area contributed by atoms with Crippen LogP contribution in [0.15, 0.2) is 0 Å². The maximum Gasteiger partial charge on any atom is 0.322 e. The number of carbonyl (C=O) groups is 1. The van der Waals surface area contributed by atoms with Gasteiger partial charge >= 0.3 is 5.97 Å². The summed E-state index contributed by atoms with van der Waals surface area (Å²) in [7, 11) is -2.46. The van der Waals surface area contributed by atoms with Gasteiger partial charge in [-0.25, -0.2) is 13.1 Å². The zero-order chi connectivity index (χ0) is 10.3. The summed E-state index contributed by atoms with van der Waals surface area (Å²) in [6, 6.07) is 0. The van der Waals surface area contributed by atoms with Crippen LogP contribution in [-0.4, -0.2) is 33.8 Å². The minimum absolute atomic E-state index is 0.135. The number of ether oxygens (including phenoxy) is 1. The number of carbonyl (C=O) groups excluding carboxylic acids is 1. The molecule has 0 aromatic rings. The van der Waals surface area contributed by atoms with E-state index in [1.54, 1.807) is 0 Å². The summed E-state index contributed by atoms with van der Waals surface area (Å²) in [5, 5.41) is 0. The first-order valence-corrected chi connectivity index (χ1v) is 5.14. The van der Waals surface area contributed by atoms with E-state index in [9.17, 15) is 13.2 Å². The average molecular weight is 205 g/mol. The van der Waals surface area contributed by atoms with Crippen molar-refractivity contribution < 1.29 is 17.9 Å². The molecule has 0 aliphatic heterocycles. The van der Waals surface area contributed by atoms with E-state index in [2.05, 4.69) is 15.4 Å². The second kappa shape index (κ2) is 5.56. The fourth-order valence-corrected chi connectivity index (χ4v) is 1.49. The van der Waals surface area contributed by atoms with Gasteiger partial charge in [-0.1, -0.05) is 0 Å². The Bertz CT molecular complexity index is 301. The van der Waals surface area contributed by atoms with Gasteiger partial charge in [-0.15, -0.1) is 12.3 Å². The van der Waals surface area contributed by atoms with Gasteiger partial charge in [-0.05, 0) is 0 Å². The maximum absolute atomic E-state index is 11.0. The third-order valence-electron chi connectivity index (χ3n) is 1.13. The molecule has 0 spiro atoms. The second-order valence-corrected chi connectivity index (χ2v) is 3.99. The molecule has 0 aromatic carbocycles. The molecular weight excluding hydrogens is 194 g/mol. The number of nitrogens with one attached hydrogen (secondary N) is 1. The highest BCUT2D eigenvalue weighted by Crippen LogP contribution is 1.86. The van der Waals surface area contributed by atoms with Gasteiger partial charge in [0, 0.05) is 13.0 Å². The molecule has 0 unspecified atom stereocenters. The van der Waals surface area contributed by atoms with Gasteiger partial charge in [0.2, 0.25) is 10.0 Å². The predicted molar refractivity (Wildman–Crippen MR) is 47.3 cm³/mol. The van der Waals surface area contributed by atoms with Gasteiger partial charge in [0.1, 0.15) is 0 Å². The first-order valence-electron chi connectivity index (χ1n) is 3.49. The standard InChI is InChI=1S/C7H11NO4S/c1-3-4-5-8-13(10,11)6-7(9)12-2/h1,8H,4-6H2,2H3. The highest BCUT2D eigenvalue weighted by Gasteiger charge is 2.15. The Labute approximate surface area is 77.5 Å². The van der Waals surface area contributed by atoms with Crippen LogP contribution >= 0.6 is 0 Å². The Morgan fingerprint density at radius 2 is 2.23 bits per heavy atom. The number of esters is 1. The molecule has 0 fully saturated rings. The van der Waals surface area contributed by atoms with Gasteiger partial charge in [-0.2, -0.15) is 0 Å². The molecule has 0 aromatic heterocycles. The molecule has 0 rings (SSSR count). The Morgan fingerprint density at radius 3 is 2.69 bits per heavy atom. The van der Waals surface area contributed by atoms with Crippen LogP contribution in [0, 0.1) is 12.3 Å². The first-order chi connectivity index (χ1) is 6.02. The smallest absolute Gasteiger partial charge is 0.322 e. The zero-order valence-corrected chi connectivity index (χ0v) is 8.06. The van der Waals surface area contributed by atoms with Gasteiger partial charge in [0.15, 0.2) is 5.75 Å². The second-order valence-electron chi connectivity index (χ2n) is 2.18. The molecule has 6 heteroatoms. The van der Waals surface area contributed by atoms with E-state index in [1.807, 2.05) is 0 Å². The van der Waals surface area contributed by atoms with Crippen LogP contribution in [0.4, 0.5) is 0 Å². The van der Waals surface area contributed by atoms with Crippen LogP contribution in [0.5, 0.6) is 0 Å². The monoisotopic (exact) mass is 205 g/mol. The Kier molecular flexibility index (Phi) is 5.11. The van der Waals surface area contributed by atoms with E-state index in [-0.39, 0.29) is 6.54 Å². The minimum Gasteiger partial charge on any atom is -0.468 e. The predicted octanol–water partition coefficient (Wildman–Crippen LogP) is -0.898. The molecule has 0 radical (unpaired) electrons. The van der Waals surface area contributed by atoms with Crippen molar-refractivity contribution in [1.82, 2.24) is 4.72 Å². The summed E-state index contributed by atoms with van der Waals surface area (Å²) < 4.78 is 28.3. The molecule has 0 amide bonds. The lowest BCUT2D eigenvalue weighted by molar-refractivity contribution is -0.137. The lowest BCUT2D eigenvalue weighted by Crippen LogP contribution is -2.31. The molecule has 0 saturated carbocycles. The molecule has 0 saturated heterocycles. The summed E-state index contributed by atoms with van der Waals surface area (Å²) in [5.74, 6) is 0.794. The molecule has 74 valence electrons. The van der Waals surface area contributed by atoms with E-state index in [0.717, 1.165) is 7.11 Å². The van der Waals surface area contributed by atoms with E-state index in [1.165, 1.54) is 0 Å². The summed E-state index contributed by atoms with van der Waals surface area (Å²) in [4.78, 5) is 10.6. The topological polar surface area (TPSA) is 72.5 Å². The van der Waals surface area contributed by atoms with Crippen LogP contribution in [0.25, 0.3) is 0 Å². The van der Waals surface area contributed by atoms with Crippen molar-refractivity contribution in [2.45, 2.75) is 6.42 Å². The largest absolute Gasteiger partial charge is 0.468 e. The molecule has 0 atom stereocenters. The van der Waals surface area contributed by atoms with Crippen LogP contribution in [-0.2, 0) is 19.6 Å². The molecule has 0 aliphatic carbocycles. The number of methoxy groups -OCH3 is 1. The van der Waals surface area contributed by atoms with Crippen molar-refractivity contribution in [3.63, 3.8) is 0 Å². The van der Waals surface area contributed by atoms with Crippen molar-refractivity contribution in [3.8, 4) is 12.3 Å². The van der Waals surface area contributed by atoms with E-state index in [0.29, 0.717) is 6.42 Å². The van der Waals surface area contributed by atoms with E-state index >= 15 is 0 Å². The van der Waals surface area contributed by atoms with Crippen molar-refractivity contribution >= 4 is 16.0 Å². The van der Waals surface area contributed by atoms with Crippen molar-refractivity contribution in [2.24, 2.45) is 0 Å². The highest BCUT2D eigenvalue weighted by molar-refractivity contribution is 7.90. The molecule has 0 aliphatic rings. The van der Waals surface area contributed by atoms with Gasteiger partial charge in [0.25, 0.3) is 0 Å². The van der Waals surface area contributed by atoms with Gasteiger partial charge < -0.3 is 4.74 Å².